The molecule has 6 nitrogen and oxygen atoms in total. The molecule has 24 heavy (non-hydrogen) atoms. The van der Waals surface area contributed by atoms with Gasteiger partial charge in [-0.3, -0.25) is 9.69 Å². The van der Waals surface area contributed by atoms with Gasteiger partial charge in [0.25, 0.3) is 0 Å². The van der Waals surface area contributed by atoms with Crippen LogP contribution in [0.15, 0.2) is 42.5 Å². The summed E-state index contributed by atoms with van der Waals surface area (Å²) < 4.78 is 16.1. The lowest BCUT2D eigenvalue weighted by Crippen LogP contribution is -2.39. The molecule has 1 aliphatic rings. The van der Waals surface area contributed by atoms with E-state index in [4.69, 9.17) is 14.2 Å². The lowest BCUT2D eigenvalue weighted by atomic mass is 10.1. The maximum atomic E-state index is 12.0. The highest BCUT2D eigenvalue weighted by atomic mass is 16.6. The first kappa shape index (κ1) is 15.9. The van der Waals surface area contributed by atoms with Crippen molar-refractivity contribution < 1.29 is 23.8 Å². The fraction of sp³-hybridized carbons (Fsp3) is 0.222. The summed E-state index contributed by atoms with van der Waals surface area (Å²) in [5, 5.41) is 0. The standard InChI is InChI=1S/C18H17NO5/c1-22-16-6-7-17-14(10-16)11-19(18(21)24-17)8-9-23-15-4-2-13(12-20)3-5-15/h2-7,10,12H,8-9,11H2,1H3. The van der Waals surface area contributed by atoms with Crippen LogP contribution in [0.4, 0.5) is 4.79 Å². The highest BCUT2D eigenvalue weighted by molar-refractivity contribution is 5.75. The molecule has 3 rings (SSSR count). The molecule has 2 aromatic carbocycles. The zero-order chi connectivity index (χ0) is 16.9. The van der Waals surface area contributed by atoms with Crippen molar-refractivity contribution >= 4 is 12.4 Å². The second-order valence-corrected chi connectivity index (χ2v) is 5.30. The molecule has 2 aromatic rings. The molecule has 0 spiro atoms. The van der Waals surface area contributed by atoms with E-state index in [-0.39, 0.29) is 0 Å². The Labute approximate surface area is 139 Å². The predicted octanol–water partition coefficient (Wildman–Crippen LogP) is 2.90. The molecule has 0 atom stereocenters. The van der Waals surface area contributed by atoms with Gasteiger partial charge in [0, 0.05) is 11.1 Å². The van der Waals surface area contributed by atoms with E-state index in [1.165, 1.54) is 0 Å². The quantitative estimate of drug-likeness (QED) is 0.763. The summed E-state index contributed by atoms with van der Waals surface area (Å²) in [6.07, 6.45) is 0.381. The fourth-order valence-electron chi connectivity index (χ4n) is 2.42. The number of ether oxygens (including phenoxy) is 3. The molecule has 0 saturated carbocycles. The van der Waals surface area contributed by atoms with Gasteiger partial charge in [-0.25, -0.2) is 4.79 Å². The second-order valence-electron chi connectivity index (χ2n) is 5.30. The largest absolute Gasteiger partial charge is 0.497 e. The van der Waals surface area contributed by atoms with Gasteiger partial charge in [-0.15, -0.1) is 0 Å². The van der Waals surface area contributed by atoms with Crippen molar-refractivity contribution in [2.24, 2.45) is 0 Å². The predicted molar refractivity (Wildman–Crippen MR) is 86.8 cm³/mol. The summed E-state index contributed by atoms with van der Waals surface area (Å²) in [7, 11) is 1.60. The number of hydrogen-bond donors (Lipinski definition) is 0. The zero-order valence-electron chi connectivity index (χ0n) is 13.2. The normalized spacial score (nSPS) is 13.0. The summed E-state index contributed by atoms with van der Waals surface area (Å²) in [6.45, 7) is 1.17. The number of amides is 1. The molecule has 124 valence electrons. The molecule has 1 heterocycles. The maximum absolute atomic E-state index is 12.0. The van der Waals surface area contributed by atoms with Gasteiger partial charge in [-0.1, -0.05) is 0 Å². The highest BCUT2D eigenvalue weighted by Crippen LogP contribution is 2.29. The number of rotatable bonds is 6. The van der Waals surface area contributed by atoms with Crippen LogP contribution in [0.5, 0.6) is 17.2 Å². The van der Waals surface area contributed by atoms with Crippen LogP contribution in [-0.2, 0) is 6.54 Å². The van der Waals surface area contributed by atoms with Gasteiger partial charge in [-0.05, 0) is 42.5 Å². The van der Waals surface area contributed by atoms with Crippen molar-refractivity contribution in [3.05, 3.63) is 53.6 Å². The van der Waals surface area contributed by atoms with E-state index in [0.29, 0.717) is 36.8 Å². The molecule has 1 amide bonds. The summed E-state index contributed by atoms with van der Waals surface area (Å²) >= 11 is 0. The summed E-state index contributed by atoms with van der Waals surface area (Å²) in [5.74, 6) is 1.92. The van der Waals surface area contributed by atoms with E-state index in [2.05, 4.69) is 0 Å². The molecule has 1 aliphatic heterocycles. The van der Waals surface area contributed by atoms with Crippen molar-refractivity contribution in [1.29, 1.82) is 0 Å². The minimum Gasteiger partial charge on any atom is -0.497 e. The summed E-state index contributed by atoms with van der Waals surface area (Å²) in [4.78, 5) is 24.2. The summed E-state index contributed by atoms with van der Waals surface area (Å²) in [5.41, 5.74) is 1.48. The number of hydrogen-bond acceptors (Lipinski definition) is 5. The Morgan fingerprint density at radius 1 is 1.17 bits per heavy atom. The van der Waals surface area contributed by atoms with E-state index < -0.39 is 6.09 Å². The van der Waals surface area contributed by atoms with Crippen LogP contribution >= 0.6 is 0 Å². The van der Waals surface area contributed by atoms with Gasteiger partial charge in [-0.2, -0.15) is 0 Å². The second kappa shape index (κ2) is 7.04. The van der Waals surface area contributed by atoms with Gasteiger partial charge in [0.15, 0.2) is 0 Å². The Morgan fingerprint density at radius 3 is 2.62 bits per heavy atom. The lowest BCUT2D eigenvalue weighted by Gasteiger charge is -2.28. The van der Waals surface area contributed by atoms with Gasteiger partial charge in [0.05, 0.1) is 20.2 Å². The zero-order valence-corrected chi connectivity index (χ0v) is 13.2. The number of fused-ring (bicyclic) bond motifs is 1. The Bertz CT molecular complexity index is 742. The van der Waals surface area contributed by atoms with E-state index in [0.717, 1.165) is 17.6 Å². The number of carbonyl (C=O) groups excluding carboxylic acids is 2. The smallest absolute Gasteiger partial charge is 0.415 e. The first-order chi connectivity index (χ1) is 11.7. The molecule has 0 aliphatic carbocycles. The first-order valence-electron chi connectivity index (χ1n) is 7.51. The Balaban J connectivity index is 1.58. The van der Waals surface area contributed by atoms with Crippen LogP contribution in [0.1, 0.15) is 15.9 Å². The van der Waals surface area contributed by atoms with Crippen LogP contribution < -0.4 is 14.2 Å². The van der Waals surface area contributed by atoms with Crippen molar-refractivity contribution in [2.45, 2.75) is 6.54 Å². The molecule has 0 bridgehead atoms. The molecule has 0 unspecified atom stereocenters. The molecule has 0 N–H and O–H groups in total. The van der Waals surface area contributed by atoms with Gasteiger partial charge in [0.2, 0.25) is 0 Å². The molecule has 0 fully saturated rings. The van der Waals surface area contributed by atoms with Crippen LogP contribution in [0.25, 0.3) is 0 Å². The molecule has 6 heteroatoms. The number of carbonyl (C=O) groups is 2. The summed E-state index contributed by atoms with van der Waals surface area (Å²) in [6, 6.07) is 12.1. The highest BCUT2D eigenvalue weighted by Gasteiger charge is 2.25. The van der Waals surface area contributed by atoms with Crippen molar-refractivity contribution in [2.75, 3.05) is 20.3 Å². The third-order valence-electron chi connectivity index (χ3n) is 3.73. The number of methoxy groups -OCH3 is 1. The molecule has 0 aromatic heterocycles. The van der Waals surface area contributed by atoms with E-state index in [9.17, 15) is 9.59 Å². The Hall–Kier alpha value is -3.02. The van der Waals surface area contributed by atoms with Crippen LogP contribution in [0, 0.1) is 0 Å². The van der Waals surface area contributed by atoms with E-state index in [1.54, 1.807) is 48.4 Å². The number of benzene rings is 2. The monoisotopic (exact) mass is 327 g/mol. The first-order valence-corrected chi connectivity index (χ1v) is 7.51. The SMILES string of the molecule is COc1ccc2c(c1)CN(CCOc1ccc(C=O)cc1)C(=O)O2. The number of aldehydes is 1. The van der Waals surface area contributed by atoms with Crippen LogP contribution in [0.3, 0.4) is 0 Å². The fourth-order valence-corrected chi connectivity index (χ4v) is 2.42. The molecular weight excluding hydrogens is 310 g/mol. The molecule has 0 radical (unpaired) electrons. The minimum absolute atomic E-state index is 0.328. The van der Waals surface area contributed by atoms with Gasteiger partial charge < -0.3 is 14.2 Å². The third kappa shape index (κ3) is 3.48. The van der Waals surface area contributed by atoms with E-state index >= 15 is 0 Å². The van der Waals surface area contributed by atoms with Crippen LogP contribution in [-0.4, -0.2) is 37.5 Å². The third-order valence-corrected chi connectivity index (χ3v) is 3.73. The number of nitrogens with zero attached hydrogens (tertiary/aromatic N) is 1. The molecular formula is C18H17NO5. The van der Waals surface area contributed by atoms with Crippen molar-refractivity contribution in [1.82, 2.24) is 4.90 Å². The average Bonchev–Trinajstić information content (AvgIpc) is 2.62. The average molecular weight is 327 g/mol. The topological polar surface area (TPSA) is 65.1 Å². The van der Waals surface area contributed by atoms with Crippen LogP contribution in [0.2, 0.25) is 0 Å². The van der Waals surface area contributed by atoms with E-state index in [1.807, 2.05) is 6.07 Å². The van der Waals surface area contributed by atoms with Gasteiger partial charge >= 0.3 is 6.09 Å². The van der Waals surface area contributed by atoms with Crippen molar-refractivity contribution in [3.8, 4) is 17.2 Å². The van der Waals surface area contributed by atoms with Gasteiger partial charge in [0.1, 0.15) is 30.1 Å². The lowest BCUT2D eigenvalue weighted by molar-refractivity contribution is 0.112. The molecule has 0 saturated heterocycles. The maximum Gasteiger partial charge on any atom is 0.415 e. The van der Waals surface area contributed by atoms with Crippen molar-refractivity contribution in [3.63, 3.8) is 0 Å². The Kier molecular flexibility index (Phi) is 4.65. The Morgan fingerprint density at radius 2 is 1.92 bits per heavy atom. The minimum atomic E-state index is -0.396.